The Hall–Kier alpha value is -1.82. The maximum absolute atomic E-state index is 2.34. The van der Waals surface area contributed by atoms with Crippen molar-refractivity contribution in [1.29, 1.82) is 0 Å². The molecule has 0 aliphatic carbocycles. The van der Waals surface area contributed by atoms with Crippen molar-refractivity contribution < 1.29 is 0 Å². The van der Waals surface area contributed by atoms with Crippen LogP contribution in [0, 0.1) is 0 Å². The Labute approximate surface area is 134 Å². The van der Waals surface area contributed by atoms with Gasteiger partial charge in [-0.2, -0.15) is 0 Å². The molecule has 0 radical (unpaired) electrons. The lowest BCUT2D eigenvalue weighted by Crippen LogP contribution is -2.22. The van der Waals surface area contributed by atoms with E-state index in [0.29, 0.717) is 0 Å². The molecule has 0 nitrogen and oxygen atoms in total. The van der Waals surface area contributed by atoms with Crippen molar-refractivity contribution in [3.8, 4) is 0 Å². The minimum Gasteiger partial charge on any atom is -0.0616 e. The molecule has 0 aliphatic heterocycles. The van der Waals surface area contributed by atoms with Gasteiger partial charge in [-0.1, -0.05) is 90.1 Å². The maximum Gasteiger partial charge on any atom is -0.0102 e. The largest absolute Gasteiger partial charge is 0.0616 e. The summed E-state index contributed by atoms with van der Waals surface area (Å²) in [6, 6.07) is 17.9. The van der Waals surface area contributed by atoms with Crippen molar-refractivity contribution in [2.45, 2.75) is 52.4 Å². The average molecular weight is 290 g/mol. The fourth-order valence-corrected chi connectivity index (χ4v) is 3.52. The number of fused-ring (bicyclic) bond motifs is 3. The highest BCUT2D eigenvalue weighted by Crippen LogP contribution is 2.40. The van der Waals surface area contributed by atoms with Gasteiger partial charge in [-0.25, -0.2) is 0 Å². The van der Waals surface area contributed by atoms with Gasteiger partial charge in [0.15, 0.2) is 0 Å². The van der Waals surface area contributed by atoms with Gasteiger partial charge in [0.1, 0.15) is 0 Å². The topological polar surface area (TPSA) is 0 Å². The zero-order valence-corrected chi connectivity index (χ0v) is 14.6. The molecule has 0 aliphatic rings. The first kappa shape index (κ1) is 15.1. The second-order valence-corrected chi connectivity index (χ2v) is 8.37. The van der Waals surface area contributed by atoms with Gasteiger partial charge in [0.25, 0.3) is 0 Å². The summed E-state index contributed by atoms with van der Waals surface area (Å²) in [5, 5.41) is 5.44. The number of hydrogen-bond acceptors (Lipinski definition) is 0. The van der Waals surface area contributed by atoms with Gasteiger partial charge in [-0.05, 0) is 43.5 Å². The molecule has 0 amide bonds. The van der Waals surface area contributed by atoms with E-state index in [4.69, 9.17) is 0 Å². The lowest BCUT2D eigenvalue weighted by atomic mass is 9.73. The third-order valence-electron chi connectivity index (χ3n) is 4.48. The molecule has 3 aromatic rings. The average Bonchev–Trinajstić information content (AvgIpc) is 2.43. The summed E-state index contributed by atoms with van der Waals surface area (Å²) < 4.78 is 0. The lowest BCUT2D eigenvalue weighted by molar-refractivity contribution is 0.535. The van der Waals surface area contributed by atoms with Crippen LogP contribution in [0.2, 0.25) is 0 Å². The minimum absolute atomic E-state index is 0.130. The third-order valence-corrected chi connectivity index (χ3v) is 4.48. The molecule has 0 N–H and O–H groups in total. The van der Waals surface area contributed by atoms with Crippen LogP contribution < -0.4 is 0 Å². The predicted octanol–water partition coefficient (Wildman–Crippen LogP) is 6.59. The van der Waals surface area contributed by atoms with E-state index in [2.05, 4.69) is 90.1 Å². The van der Waals surface area contributed by atoms with E-state index in [1.807, 2.05) is 0 Å². The summed E-state index contributed by atoms with van der Waals surface area (Å²) in [7, 11) is 0. The summed E-state index contributed by atoms with van der Waals surface area (Å²) in [6.07, 6.45) is 0. The standard InChI is InChI=1S/C22H26/c1-21(2,3)19-14-13-17-16-10-8-7-9-15(16)11-12-18(17)20(19)22(4,5)6/h7-14H,1-6H3. The smallest absolute Gasteiger partial charge is 0.0102 e. The van der Waals surface area contributed by atoms with E-state index in [1.54, 1.807) is 0 Å². The van der Waals surface area contributed by atoms with Gasteiger partial charge in [0, 0.05) is 0 Å². The monoisotopic (exact) mass is 290 g/mol. The molecule has 0 unspecified atom stereocenters. The lowest BCUT2D eigenvalue weighted by Gasteiger charge is -2.31. The minimum atomic E-state index is 0.130. The van der Waals surface area contributed by atoms with E-state index in [0.717, 1.165) is 0 Å². The Morgan fingerprint density at radius 2 is 1.18 bits per heavy atom. The highest BCUT2D eigenvalue weighted by Gasteiger charge is 2.27. The van der Waals surface area contributed by atoms with Crippen molar-refractivity contribution in [3.05, 3.63) is 59.7 Å². The Balaban J connectivity index is 2.50. The van der Waals surface area contributed by atoms with Gasteiger partial charge < -0.3 is 0 Å². The molecule has 0 aromatic heterocycles. The van der Waals surface area contributed by atoms with Crippen LogP contribution in [0.25, 0.3) is 21.5 Å². The molecule has 0 heteroatoms. The first-order chi connectivity index (χ1) is 10.2. The van der Waals surface area contributed by atoms with Crippen LogP contribution in [0.1, 0.15) is 52.7 Å². The molecule has 0 heterocycles. The zero-order chi connectivity index (χ0) is 16.1. The van der Waals surface area contributed by atoms with Crippen LogP contribution in [-0.4, -0.2) is 0 Å². The summed E-state index contributed by atoms with van der Waals surface area (Å²) in [4.78, 5) is 0. The van der Waals surface area contributed by atoms with Crippen molar-refractivity contribution in [3.63, 3.8) is 0 Å². The molecule has 3 rings (SSSR count). The number of rotatable bonds is 0. The fourth-order valence-electron chi connectivity index (χ4n) is 3.52. The summed E-state index contributed by atoms with van der Waals surface area (Å²) in [5.41, 5.74) is 3.23. The van der Waals surface area contributed by atoms with Gasteiger partial charge in [0.2, 0.25) is 0 Å². The second kappa shape index (κ2) is 4.84. The molecule has 114 valence electrons. The molecule has 0 bridgehead atoms. The van der Waals surface area contributed by atoms with Crippen molar-refractivity contribution in [2.75, 3.05) is 0 Å². The van der Waals surface area contributed by atoms with Crippen molar-refractivity contribution in [2.24, 2.45) is 0 Å². The highest BCUT2D eigenvalue weighted by atomic mass is 14.3. The summed E-state index contributed by atoms with van der Waals surface area (Å²) in [5.74, 6) is 0. The second-order valence-electron chi connectivity index (χ2n) is 8.37. The van der Waals surface area contributed by atoms with E-state index in [1.165, 1.54) is 32.7 Å². The van der Waals surface area contributed by atoms with Gasteiger partial charge >= 0.3 is 0 Å². The van der Waals surface area contributed by atoms with Gasteiger partial charge in [0.05, 0.1) is 0 Å². The Morgan fingerprint density at radius 3 is 1.82 bits per heavy atom. The molecule has 0 fully saturated rings. The van der Waals surface area contributed by atoms with E-state index in [9.17, 15) is 0 Å². The van der Waals surface area contributed by atoms with Crippen LogP contribution >= 0.6 is 0 Å². The van der Waals surface area contributed by atoms with Crippen molar-refractivity contribution >= 4 is 21.5 Å². The highest BCUT2D eigenvalue weighted by molar-refractivity contribution is 6.09. The Kier molecular flexibility index (Phi) is 3.32. The van der Waals surface area contributed by atoms with E-state index in [-0.39, 0.29) is 10.8 Å². The molecule has 0 saturated carbocycles. The molecule has 22 heavy (non-hydrogen) atoms. The van der Waals surface area contributed by atoms with Gasteiger partial charge in [-0.15, -0.1) is 0 Å². The van der Waals surface area contributed by atoms with E-state index >= 15 is 0 Å². The van der Waals surface area contributed by atoms with Crippen LogP contribution in [0.4, 0.5) is 0 Å². The molecule has 3 aromatic carbocycles. The third kappa shape index (κ3) is 2.41. The number of hydrogen-bond donors (Lipinski definition) is 0. The molecular formula is C22H26. The zero-order valence-electron chi connectivity index (χ0n) is 14.6. The number of benzene rings is 3. The Morgan fingerprint density at radius 1 is 0.545 bits per heavy atom. The summed E-state index contributed by atoms with van der Waals surface area (Å²) >= 11 is 0. The first-order valence-electron chi connectivity index (χ1n) is 8.15. The Bertz CT molecular complexity index is 839. The van der Waals surface area contributed by atoms with Crippen molar-refractivity contribution in [1.82, 2.24) is 0 Å². The van der Waals surface area contributed by atoms with Crippen LogP contribution in [0.15, 0.2) is 48.5 Å². The SMILES string of the molecule is CC(C)(C)c1ccc2c(ccc3ccccc32)c1C(C)(C)C. The molecule has 0 spiro atoms. The van der Waals surface area contributed by atoms with Gasteiger partial charge in [-0.3, -0.25) is 0 Å². The molecular weight excluding hydrogens is 264 g/mol. The predicted molar refractivity (Wildman–Crippen MR) is 98.9 cm³/mol. The quantitative estimate of drug-likeness (QED) is 0.410. The molecule has 0 atom stereocenters. The van der Waals surface area contributed by atoms with Crippen LogP contribution in [0.3, 0.4) is 0 Å². The van der Waals surface area contributed by atoms with E-state index < -0.39 is 0 Å². The maximum atomic E-state index is 2.34. The normalized spacial score (nSPS) is 13.0. The van der Waals surface area contributed by atoms with Crippen LogP contribution in [0.5, 0.6) is 0 Å². The van der Waals surface area contributed by atoms with Crippen LogP contribution in [-0.2, 0) is 10.8 Å². The fraction of sp³-hybridized carbons (Fsp3) is 0.364. The first-order valence-corrected chi connectivity index (χ1v) is 8.15. The molecule has 0 saturated heterocycles. The summed E-state index contributed by atoms with van der Waals surface area (Å²) in [6.45, 7) is 13.9.